The van der Waals surface area contributed by atoms with Crippen molar-refractivity contribution in [2.45, 2.75) is 6.61 Å². The van der Waals surface area contributed by atoms with E-state index in [1.165, 1.54) is 6.07 Å². The van der Waals surface area contributed by atoms with Crippen LogP contribution in [0.1, 0.15) is 0 Å². The first kappa shape index (κ1) is 10.2. The highest BCUT2D eigenvalue weighted by atomic mass is 79.9. The quantitative estimate of drug-likeness (QED) is 0.882. The molecule has 72 valence electrons. The number of phenols is 1. The van der Waals surface area contributed by atoms with Crippen LogP contribution in [0.5, 0.6) is 11.5 Å². The van der Waals surface area contributed by atoms with Crippen molar-refractivity contribution < 1.29 is 23.0 Å². The van der Waals surface area contributed by atoms with Crippen molar-refractivity contribution in [3.63, 3.8) is 0 Å². The number of ether oxygens (including phenoxy) is 1. The normalized spacial score (nSPS) is 10.5. The summed E-state index contributed by atoms with van der Waals surface area (Å²) < 4.78 is 40.0. The maximum atomic E-state index is 12.8. The number of phenolic OH excluding ortho intramolecular Hbond substituents is 1. The molecule has 1 aromatic rings. The van der Waals surface area contributed by atoms with Gasteiger partial charge in [-0.25, -0.2) is 4.39 Å². The van der Waals surface area contributed by atoms with Crippen LogP contribution in [-0.2, 0) is 0 Å². The predicted molar refractivity (Wildman–Crippen MR) is 42.4 cm³/mol. The Labute approximate surface area is 80.1 Å². The second kappa shape index (κ2) is 3.87. The molecule has 13 heavy (non-hydrogen) atoms. The number of hydrogen-bond acceptors (Lipinski definition) is 2. The molecule has 0 aliphatic rings. The van der Waals surface area contributed by atoms with Gasteiger partial charge in [0, 0.05) is 0 Å². The molecule has 2 nitrogen and oxygen atoms in total. The van der Waals surface area contributed by atoms with Gasteiger partial charge >= 0.3 is 6.61 Å². The van der Waals surface area contributed by atoms with E-state index in [2.05, 4.69) is 20.7 Å². The maximum Gasteiger partial charge on any atom is 0.387 e. The van der Waals surface area contributed by atoms with Crippen LogP contribution in [0.2, 0.25) is 0 Å². The monoisotopic (exact) mass is 256 g/mol. The fraction of sp³-hybridized carbons (Fsp3) is 0.143. The molecular weight excluding hydrogens is 253 g/mol. The summed E-state index contributed by atoms with van der Waals surface area (Å²) in [4.78, 5) is 0. The lowest BCUT2D eigenvalue weighted by Gasteiger charge is -2.08. The average Bonchev–Trinajstić information content (AvgIpc) is 2.05. The van der Waals surface area contributed by atoms with Crippen LogP contribution in [0.3, 0.4) is 0 Å². The predicted octanol–water partition coefficient (Wildman–Crippen LogP) is 2.90. The first-order chi connectivity index (χ1) is 6.02. The Kier molecular flexibility index (Phi) is 3.02. The van der Waals surface area contributed by atoms with Gasteiger partial charge in [0.25, 0.3) is 0 Å². The summed E-state index contributed by atoms with van der Waals surface area (Å²) in [6.45, 7) is -3.17. The van der Waals surface area contributed by atoms with Crippen molar-refractivity contribution in [3.8, 4) is 11.5 Å². The molecule has 0 aliphatic carbocycles. The van der Waals surface area contributed by atoms with Gasteiger partial charge < -0.3 is 9.84 Å². The van der Waals surface area contributed by atoms with Gasteiger partial charge in [-0.05, 0) is 28.1 Å². The third-order valence-corrected chi connectivity index (χ3v) is 1.88. The number of rotatable bonds is 2. The zero-order valence-electron chi connectivity index (χ0n) is 6.10. The molecule has 0 saturated heterocycles. The Morgan fingerprint density at radius 1 is 1.38 bits per heavy atom. The number of benzene rings is 1. The molecule has 0 fully saturated rings. The van der Waals surface area contributed by atoms with Crippen molar-refractivity contribution >= 4 is 15.9 Å². The van der Waals surface area contributed by atoms with E-state index in [-0.39, 0.29) is 4.47 Å². The molecule has 0 amide bonds. The van der Waals surface area contributed by atoms with Gasteiger partial charge in [0.2, 0.25) is 5.75 Å². The third-order valence-electron chi connectivity index (χ3n) is 1.24. The molecule has 1 N–H and O–H groups in total. The van der Waals surface area contributed by atoms with Crippen LogP contribution in [-0.4, -0.2) is 11.7 Å². The van der Waals surface area contributed by atoms with Gasteiger partial charge in [-0.15, -0.1) is 0 Å². The van der Waals surface area contributed by atoms with E-state index in [0.29, 0.717) is 0 Å². The van der Waals surface area contributed by atoms with Crippen LogP contribution in [0.15, 0.2) is 16.6 Å². The minimum atomic E-state index is -3.17. The highest BCUT2D eigenvalue weighted by molar-refractivity contribution is 9.10. The molecule has 0 aromatic heterocycles. The van der Waals surface area contributed by atoms with E-state index in [4.69, 9.17) is 5.11 Å². The summed E-state index contributed by atoms with van der Waals surface area (Å²) in [5, 5.41) is 9.08. The summed E-state index contributed by atoms with van der Waals surface area (Å²) in [7, 11) is 0. The minimum absolute atomic E-state index is 0.0875. The average molecular weight is 257 g/mol. The lowest BCUT2D eigenvalue weighted by molar-refractivity contribution is -0.0537. The molecule has 0 radical (unpaired) electrons. The Hall–Kier alpha value is -0.910. The van der Waals surface area contributed by atoms with Crippen LogP contribution < -0.4 is 4.74 Å². The summed E-state index contributed by atoms with van der Waals surface area (Å²) >= 11 is 2.83. The molecule has 0 bridgehead atoms. The van der Waals surface area contributed by atoms with Gasteiger partial charge in [0.05, 0.1) is 4.47 Å². The van der Waals surface area contributed by atoms with E-state index in [9.17, 15) is 13.2 Å². The first-order valence-corrected chi connectivity index (χ1v) is 3.93. The summed E-state index contributed by atoms with van der Waals surface area (Å²) in [5.41, 5.74) is 0. The maximum absolute atomic E-state index is 12.8. The van der Waals surface area contributed by atoms with E-state index in [0.717, 1.165) is 6.07 Å². The molecule has 0 unspecified atom stereocenters. The van der Waals surface area contributed by atoms with Gasteiger partial charge in [-0.3, -0.25) is 0 Å². The molecule has 6 heteroatoms. The lowest BCUT2D eigenvalue weighted by atomic mass is 10.3. The number of aromatic hydroxyl groups is 1. The largest absolute Gasteiger partial charge is 0.503 e. The van der Waals surface area contributed by atoms with Gasteiger partial charge in [-0.2, -0.15) is 8.78 Å². The molecule has 0 saturated carbocycles. The molecule has 0 heterocycles. The topological polar surface area (TPSA) is 29.5 Å². The van der Waals surface area contributed by atoms with E-state index in [1.807, 2.05) is 0 Å². The van der Waals surface area contributed by atoms with Crippen molar-refractivity contribution in [1.29, 1.82) is 0 Å². The molecule has 0 aliphatic heterocycles. The molecule has 1 aromatic carbocycles. The fourth-order valence-corrected chi connectivity index (χ4v) is 1.04. The highest BCUT2D eigenvalue weighted by Crippen LogP contribution is 2.36. The molecule has 0 spiro atoms. The molecule has 1 rings (SSSR count). The summed E-state index contributed by atoms with van der Waals surface area (Å²) in [6.07, 6.45) is 0. The summed E-state index contributed by atoms with van der Waals surface area (Å²) in [5.74, 6) is -2.58. The van der Waals surface area contributed by atoms with Crippen LogP contribution in [0.4, 0.5) is 13.2 Å². The smallest absolute Gasteiger partial charge is 0.387 e. The third kappa shape index (κ3) is 2.27. The van der Waals surface area contributed by atoms with E-state index >= 15 is 0 Å². The van der Waals surface area contributed by atoms with Crippen LogP contribution in [0, 0.1) is 5.82 Å². The molecule has 0 atom stereocenters. The van der Waals surface area contributed by atoms with Crippen molar-refractivity contribution in [2.24, 2.45) is 0 Å². The zero-order chi connectivity index (χ0) is 10.0. The zero-order valence-corrected chi connectivity index (χ0v) is 7.69. The Morgan fingerprint density at radius 2 is 2.00 bits per heavy atom. The minimum Gasteiger partial charge on any atom is -0.503 e. The Balaban J connectivity index is 3.10. The Morgan fingerprint density at radius 3 is 2.54 bits per heavy atom. The van der Waals surface area contributed by atoms with Crippen LogP contribution in [0.25, 0.3) is 0 Å². The SMILES string of the molecule is Oc1c(Br)ccc(F)c1OC(F)F. The van der Waals surface area contributed by atoms with Gasteiger partial charge in [0.15, 0.2) is 11.6 Å². The van der Waals surface area contributed by atoms with Crippen molar-refractivity contribution in [2.75, 3.05) is 0 Å². The van der Waals surface area contributed by atoms with Crippen LogP contribution >= 0.6 is 15.9 Å². The molecular formula is C7H4BrF3O2. The second-order valence-corrected chi connectivity index (χ2v) is 2.94. The number of halogens is 4. The first-order valence-electron chi connectivity index (χ1n) is 3.14. The fourth-order valence-electron chi connectivity index (χ4n) is 0.724. The van der Waals surface area contributed by atoms with Gasteiger partial charge in [0.1, 0.15) is 0 Å². The number of alkyl halides is 2. The van der Waals surface area contributed by atoms with E-state index < -0.39 is 23.9 Å². The Bertz CT molecular complexity index is 317. The lowest BCUT2D eigenvalue weighted by Crippen LogP contribution is -2.03. The van der Waals surface area contributed by atoms with Gasteiger partial charge in [-0.1, -0.05) is 0 Å². The highest BCUT2D eigenvalue weighted by Gasteiger charge is 2.16. The summed E-state index contributed by atoms with van der Waals surface area (Å²) in [6, 6.07) is 2.09. The van der Waals surface area contributed by atoms with Crippen molar-refractivity contribution in [3.05, 3.63) is 22.4 Å². The van der Waals surface area contributed by atoms with Crippen molar-refractivity contribution in [1.82, 2.24) is 0 Å². The standard InChI is InChI=1S/C7H4BrF3O2/c8-3-1-2-4(9)6(5(3)12)13-7(10)11/h1-2,7,12H. The number of hydrogen-bond donors (Lipinski definition) is 1. The van der Waals surface area contributed by atoms with E-state index in [1.54, 1.807) is 0 Å². The second-order valence-electron chi connectivity index (χ2n) is 2.09.